The average Bonchev–Trinajstić information content (AvgIpc) is 0.934. The molecule has 0 rings (SSSR count). The Labute approximate surface area is 650 Å². The van der Waals surface area contributed by atoms with Gasteiger partial charge in [-0.2, -0.15) is 0 Å². The SMILES string of the molecule is CC/C=C\C/C=C\C/C=C\C/C=C\C/C=C\CCCCCC(=O)OCC(COP(=O)(O)OCC(O)COP(=O)(O)OCC(O)COC(=O)CCCCCCCCCCCCCCCCCCC/C=C\C/C=C\C/C=C\C/C=C\CCCCC)OC(=O)CCCCC/C=C\C/C=C\C/C=C\C/C=C\C/C=C\CC. The fourth-order valence-corrected chi connectivity index (χ4v) is 12.3. The molecule has 107 heavy (non-hydrogen) atoms. The Bertz CT molecular complexity index is 2620. The Balaban J connectivity index is 4.55. The van der Waals surface area contributed by atoms with Gasteiger partial charge in [0.15, 0.2) is 6.10 Å². The summed E-state index contributed by atoms with van der Waals surface area (Å²) in [4.78, 5) is 58.7. The Hall–Kier alpha value is -5.09. The lowest BCUT2D eigenvalue weighted by atomic mass is 10.0. The van der Waals surface area contributed by atoms with Gasteiger partial charge in [-0.25, -0.2) is 9.13 Å². The van der Waals surface area contributed by atoms with Crippen molar-refractivity contribution in [2.75, 3.05) is 39.6 Å². The molecule has 0 spiro atoms. The van der Waals surface area contributed by atoms with Crippen molar-refractivity contribution in [3.8, 4) is 0 Å². The van der Waals surface area contributed by atoms with Crippen molar-refractivity contribution in [1.29, 1.82) is 0 Å². The molecule has 5 atom stereocenters. The molecule has 0 aliphatic carbocycles. The van der Waals surface area contributed by atoms with Crippen LogP contribution in [0.1, 0.15) is 316 Å². The van der Waals surface area contributed by atoms with Crippen molar-refractivity contribution in [3.63, 3.8) is 0 Å². The molecule has 0 saturated heterocycles. The van der Waals surface area contributed by atoms with Gasteiger partial charge in [-0.15, -0.1) is 0 Å². The van der Waals surface area contributed by atoms with Crippen LogP contribution in [0, 0.1) is 0 Å². The number of rotatable bonds is 77. The first kappa shape index (κ1) is 102. The van der Waals surface area contributed by atoms with E-state index in [1.165, 1.54) is 116 Å². The quantitative estimate of drug-likeness (QED) is 0.0146. The Morgan fingerprint density at radius 2 is 0.495 bits per heavy atom. The minimum Gasteiger partial charge on any atom is -0.463 e. The third-order valence-corrected chi connectivity index (χ3v) is 18.8. The molecule has 610 valence electrons. The summed E-state index contributed by atoms with van der Waals surface area (Å²) in [5.41, 5.74) is 0. The number of carbonyl (C=O) groups is 3. The smallest absolute Gasteiger partial charge is 0.463 e. The maximum Gasteiger partial charge on any atom is 0.472 e. The number of allylic oxidation sites excluding steroid dienone is 28. The average molecular weight is 1540 g/mol. The standard InChI is InChI=1S/C89H148O16P2/c1-4-7-10-13-16-19-22-25-28-31-34-35-36-37-38-39-40-41-42-43-44-45-46-47-50-52-54-57-60-63-66-69-72-75-87(92)99-78-84(90)79-101-106(95,96)102-80-85(91)81-103-107(97,98)104-83-86(105-89(94)77-74-71-68-65-62-59-56-53-49-33-30-27-24-21-18-15-12-9-6-3)82-100-88(93)76-73-70-67-64-61-58-55-51-48-32-29-26-23-20-17-14-11-8-5-2/h8-9,11-12,16-21,25-30,34-35,37-38,48-49,51,53,58-59,61-62,84-86,90-91H,4-7,10,13-15,22-24,31-33,36,39-47,50,52,54-57,60,63-83H2,1-3H3,(H,95,96)(H,97,98)/b11-8-,12-9-,19-16-,20-17-,21-18-,28-25-,29-26-,30-27-,35-34-,38-37-,51-48-,53-49-,61-58-,62-59-. The van der Waals surface area contributed by atoms with Crippen molar-refractivity contribution in [2.45, 2.75) is 334 Å². The molecule has 0 aliphatic heterocycles. The molecule has 4 N–H and O–H groups in total. The van der Waals surface area contributed by atoms with Crippen molar-refractivity contribution < 1.29 is 75.8 Å². The van der Waals surface area contributed by atoms with Crippen molar-refractivity contribution in [1.82, 2.24) is 0 Å². The maximum atomic E-state index is 13.0. The lowest BCUT2D eigenvalue weighted by molar-refractivity contribution is -0.161. The van der Waals surface area contributed by atoms with Gasteiger partial charge in [-0.05, 0) is 154 Å². The van der Waals surface area contributed by atoms with Crippen LogP contribution in [0.2, 0.25) is 0 Å². The number of esters is 3. The number of aliphatic hydroxyl groups excluding tert-OH is 2. The summed E-state index contributed by atoms with van der Waals surface area (Å²) < 4.78 is 61.1. The van der Waals surface area contributed by atoms with Crippen LogP contribution < -0.4 is 0 Å². The van der Waals surface area contributed by atoms with E-state index in [1.807, 2.05) is 0 Å². The van der Waals surface area contributed by atoms with Gasteiger partial charge in [0, 0.05) is 19.3 Å². The van der Waals surface area contributed by atoms with Crippen LogP contribution in [0.15, 0.2) is 170 Å². The highest BCUT2D eigenvalue weighted by atomic mass is 31.2. The fourth-order valence-electron chi connectivity index (χ4n) is 10.7. The molecule has 0 aromatic rings. The lowest BCUT2D eigenvalue weighted by Crippen LogP contribution is -2.30. The number of hydrogen-bond acceptors (Lipinski definition) is 14. The zero-order valence-electron chi connectivity index (χ0n) is 66.7. The summed E-state index contributed by atoms with van der Waals surface area (Å²) in [6, 6.07) is 0. The summed E-state index contributed by atoms with van der Waals surface area (Å²) in [6.07, 6.45) is 103. The second-order valence-corrected chi connectivity index (χ2v) is 30.1. The van der Waals surface area contributed by atoms with Crippen LogP contribution >= 0.6 is 15.6 Å². The van der Waals surface area contributed by atoms with Gasteiger partial charge in [-0.1, -0.05) is 313 Å². The molecule has 0 bridgehead atoms. The first-order valence-corrected chi connectivity index (χ1v) is 44.4. The third kappa shape index (κ3) is 81.7. The van der Waals surface area contributed by atoms with E-state index in [4.69, 9.17) is 32.3 Å². The highest BCUT2D eigenvalue weighted by Gasteiger charge is 2.29. The molecule has 0 amide bonds. The topological polar surface area (TPSA) is 231 Å². The van der Waals surface area contributed by atoms with Crippen LogP contribution in [0.25, 0.3) is 0 Å². The Kier molecular flexibility index (Phi) is 76.6. The predicted octanol–water partition coefficient (Wildman–Crippen LogP) is 24.8. The molecule has 0 saturated carbocycles. The van der Waals surface area contributed by atoms with Crippen molar-refractivity contribution in [2.24, 2.45) is 0 Å². The second kappa shape index (κ2) is 80.4. The van der Waals surface area contributed by atoms with Gasteiger partial charge in [0.1, 0.15) is 25.4 Å². The summed E-state index contributed by atoms with van der Waals surface area (Å²) in [5, 5.41) is 20.7. The molecule has 0 heterocycles. The monoisotopic (exact) mass is 1540 g/mol. The van der Waals surface area contributed by atoms with Crippen LogP contribution in [0.3, 0.4) is 0 Å². The molecule has 0 aromatic heterocycles. The van der Waals surface area contributed by atoms with E-state index in [2.05, 4.69) is 191 Å². The van der Waals surface area contributed by atoms with Gasteiger partial charge in [-0.3, -0.25) is 32.5 Å². The summed E-state index contributed by atoms with van der Waals surface area (Å²) in [6.45, 7) is 2.34. The molecule has 0 aromatic carbocycles. The van der Waals surface area contributed by atoms with E-state index in [0.29, 0.717) is 19.3 Å². The van der Waals surface area contributed by atoms with E-state index >= 15 is 0 Å². The number of unbranched alkanes of at least 4 members (excludes halogenated alkanes) is 26. The molecule has 5 unspecified atom stereocenters. The van der Waals surface area contributed by atoms with Gasteiger partial charge in [0.05, 0.1) is 26.4 Å². The first-order valence-electron chi connectivity index (χ1n) is 41.4. The molecule has 16 nitrogen and oxygen atoms in total. The van der Waals surface area contributed by atoms with Crippen LogP contribution in [0.4, 0.5) is 0 Å². The normalized spacial score (nSPS) is 14.8. The lowest BCUT2D eigenvalue weighted by Gasteiger charge is -2.21. The van der Waals surface area contributed by atoms with Gasteiger partial charge < -0.3 is 34.2 Å². The zero-order chi connectivity index (χ0) is 78.0. The van der Waals surface area contributed by atoms with E-state index in [0.717, 1.165) is 141 Å². The predicted molar refractivity (Wildman–Crippen MR) is 445 cm³/mol. The highest BCUT2D eigenvalue weighted by Crippen LogP contribution is 2.45. The highest BCUT2D eigenvalue weighted by molar-refractivity contribution is 7.47. The number of ether oxygens (including phenoxy) is 3. The summed E-state index contributed by atoms with van der Waals surface area (Å²) in [5.74, 6) is -1.66. The van der Waals surface area contributed by atoms with E-state index in [1.54, 1.807) is 0 Å². The van der Waals surface area contributed by atoms with Gasteiger partial charge in [0.2, 0.25) is 0 Å². The summed E-state index contributed by atoms with van der Waals surface area (Å²) >= 11 is 0. The third-order valence-electron chi connectivity index (χ3n) is 16.9. The molecular weight excluding hydrogens is 1390 g/mol. The number of phosphoric acid groups is 2. The van der Waals surface area contributed by atoms with Crippen molar-refractivity contribution >= 4 is 33.6 Å². The Morgan fingerprint density at radius 1 is 0.271 bits per heavy atom. The molecule has 0 fully saturated rings. The summed E-state index contributed by atoms with van der Waals surface area (Å²) in [7, 11) is -9.83. The number of aliphatic hydroxyl groups is 2. The zero-order valence-corrected chi connectivity index (χ0v) is 68.5. The minimum atomic E-state index is -4.96. The van der Waals surface area contributed by atoms with Gasteiger partial charge in [0.25, 0.3) is 0 Å². The number of phosphoric ester groups is 2. The molecule has 0 aliphatic rings. The number of hydrogen-bond donors (Lipinski definition) is 4. The second-order valence-electron chi connectivity index (χ2n) is 27.2. The van der Waals surface area contributed by atoms with Crippen LogP contribution in [0.5, 0.6) is 0 Å². The first-order chi connectivity index (χ1) is 52.2. The molecule has 18 heteroatoms. The maximum absolute atomic E-state index is 13.0. The molecular formula is C89H148O16P2. The minimum absolute atomic E-state index is 0.0516. The van der Waals surface area contributed by atoms with E-state index < -0.39 is 91.5 Å². The fraction of sp³-hybridized carbons (Fsp3) is 0.652. The van der Waals surface area contributed by atoms with Crippen molar-refractivity contribution in [3.05, 3.63) is 170 Å². The van der Waals surface area contributed by atoms with Gasteiger partial charge >= 0.3 is 33.6 Å². The van der Waals surface area contributed by atoms with E-state index in [9.17, 15) is 43.5 Å². The largest absolute Gasteiger partial charge is 0.472 e. The van der Waals surface area contributed by atoms with Crippen LogP contribution in [-0.4, -0.2) is 95.9 Å². The van der Waals surface area contributed by atoms with E-state index in [-0.39, 0.29) is 19.3 Å². The van der Waals surface area contributed by atoms with Crippen LogP contribution in [-0.2, 0) is 55.8 Å². The Morgan fingerprint density at radius 3 is 0.794 bits per heavy atom. The molecule has 0 radical (unpaired) electrons. The number of carbonyl (C=O) groups excluding carboxylic acids is 3.